The molecule has 8 heteroatoms. The van der Waals surface area contributed by atoms with Gasteiger partial charge < -0.3 is 10.1 Å². The van der Waals surface area contributed by atoms with E-state index in [1.807, 2.05) is 20.8 Å². The van der Waals surface area contributed by atoms with Crippen molar-refractivity contribution in [1.29, 1.82) is 0 Å². The smallest absolute Gasteiger partial charge is 0.416 e. The zero-order valence-electron chi connectivity index (χ0n) is 16.7. The van der Waals surface area contributed by atoms with E-state index in [1.54, 1.807) is 6.07 Å². The molecule has 2 rings (SSSR count). The minimum atomic E-state index is -4.51. The predicted molar refractivity (Wildman–Crippen MR) is 102 cm³/mol. The second-order valence-corrected chi connectivity index (χ2v) is 7.67. The van der Waals surface area contributed by atoms with Crippen LogP contribution in [-0.4, -0.2) is 29.3 Å². The number of methoxy groups -OCH3 is 1. The van der Waals surface area contributed by atoms with Crippen molar-refractivity contribution in [3.63, 3.8) is 0 Å². The highest BCUT2D eigenvalue weighted by atomic mass is 19.4. The second-order valence-electron chi connectivity index (χ2n) is 7.67. The molecule has 5 nitrogen and oxygen atoms in total. The van der Waals surface area contributed by atoms with Crippen molar-refractivity contribution < 1.29 is 27.5 Å². The molecule has 0 saturated carbocycles. The van der Waals surface area contributed by atoms with Gasteiger partial charge in [0.2, 0.25) is 0 Å². The highest BCUT2D eigenvalue weighted by Gasteiger charge is 2.31. The molecule has 1 amide bonds. The summed E-state index contributed by atoms with van der Waals surface area (Å²) in [6.07, 6.45) is -3.35. The Bertz CT molecular complexity index is 903. The lowest BCUT2D eigenvalue weighted by Gasteiger charge is -2.20. The summed E-state index contributed by atoms with van der Waals surface area (Å²) in [6, 6.07) is 6.13. The monoisotopic (exact) mass is 408 g/mol. The van der Waals surface area contributed by atoms with Crippen LogP contribution in [0.4, 0.5) is 13.2 Å². The number of halogens is 3. The Hall–Kier alpha value is -2.90. The number of carbonyl (C=O) groups is 2. The van der Waals surface area contributed by atoms with Gasteiger partial charge in [-0.15, -0.1) is 0 Å². The van der Waals surface area contributed by atoms with E-state index >= 15 is 0 Å². The minimum Gasteiger partial charge on any atom is -0.496 e. The predicted octanol–water partition coefficient (Wildman–Crippen LogP) is 3.99. The topological polar surface area (TPSA) is 68.3 Å². The summed E-state index contributed by atoms with van der Waals surface area (Å²) >= 11 is 0. The van der Waals surface area contributed by atoms with Gasteiger partial charge in [0.1, 0.15) is 17.2 Å². The number of nitrogens with one attached hydrogen (secondary N) is 1. The largest absolute Gasteiger partial charge is 0.496 e. The highest BCUT2D eigenvalue weighted by molar-refractivity contribution is 5.93. The Morgan fingerprint density at radius 2 is 1.76 bits per heavy atom. The number of alkyl halides is 3. The van der Waals surface area contributed by atoms with E-state index in [4.69, 9.17) is 4.74 Å². The van der Waals surface area contributed by atoms with Gasteiger partial charge in [0.15, 0.2) is 0 Å². The van der Waals surface area contributed by atoms with E-state index in [0.29, 0.717) is 5.56 Å². The maximum absolute atomic E-state index is 13.0. The second kappa shape index (κ2) is 8.63. The molecule has 0 spiro atoms. The number of hydrogen-bond donors (Lipinski definition) is 1. The van der Waals surface area contributed by atoms with Crippen LogP contribution in [0.1, 0.15) is 48.0 Å². The maximum atomic E-state index is 13.0. The number of aromatic nitrogens is 1. The SMILES string of the molecule is COc1ccc(C(F)(F)F)cc1CC(=O)Cc1ccnc(C(=O)NC(C)(C)C)c1. The number of rotatable bonds is 6. The Kier molecular flexibility index (Phi) is 6.66. The maximum Gasteiger partial charge on any atom is 0.416 e. The molecule has 0 bridgehead atoms. The van der Waals surface area contributed by atoms with Gasteiger partial charge in [-0.3, -0.25) is 14.6 Å². The Morgan fingerprint density at radius 1 is 1.07 bits per heavy atom. The molecule has 1 aromatic carbocycles. The molecule has 0 aliphatic carbocycles. The molecule has 29 heavy (non-hydrogen) atoms. The first-order valence-corrected chi connectivity index (χ1v) is 8.92. The Morgan fingerprint density at radius 3 is 2.34 bits per heavy atom. The van der Waals surface area contributed by atoms with Crippen LogP contribution in [0.3, 0.4) is 0 Å². The minimum absolute atomic E-state index is 0.0439. The van der Waals surface area contributed by atoms with Gasteiger partial charge in [-0.05, 0) is 56.7 Å². The van der Waals surface area contributed by atoms with E-state index < -0.39 is 17.3 Å². The number of ketones is 1. The van der Waals surface area contributed by atoms with Crippen LogP contribution in [0.15, 0.2) is 36.5 Å². The third-order valence-electron chi connectivity index (χ3n) is 3.94. The van der Waals surface area contributed by atoms with E-state index in [0.717, 1.165) is 12.1 Å². The summed E-state index contributed by atoms with van der Waals surface area (Å²) in [7, 11) is 1.33. The van der Waals surface area contributed by atoms with E-state index in [2.05, 4.69) is 10.3 Å². The molecule has 0 fully saturated rings. The van der Waals surface area contributed by atoms with E-state index in [-0.39, 0.29) is 41.5 Å². The normalized spacial score (nSPS) is 11.8. The molecular formula is C21H23F3N2O3. The van der Waals surface area contributed by atoms with E-state index in [9.17, 15) is 22.8 Å². The summed E-state index contributed by atoms with van der Waals surface area (Å²) in [5.41, 5.74) is -0.403. The first-order valence-electron chi connectivity index (χ1n) is 8.92. The lowest BCUT2D eigenvalue weighted by atomic mass is 10.00. The van der Waals surface area contributed by atoms with Gasteiger partial charge in [0, 0.05) is 30.1 Å². The number of amides is 1. The molecular weight excluding hydrogens is 385 g/mol. The molecule has 0 aliphatic heterocycles. The van der Waals surface area contributed by atoms with Crippen molar-refractivity contribution in [3.05, 3.63) is 58.9 Å². The number of carbonyl (C=O) groups excluding carboxylic acids is 2. The number of ether oxygens (including phenoxy) is 1. The van der Waals surface area contributed by atoms with Gasteiger partial charge in [-0.25, -0.2) is 0 Å². The fourth-order valence-electron chi connectivity index (χ4n) is 2.71. The number of pyridine rings is 1. The summed E-state index contributed by atoms with van der Waals surface area (Å²) in [6.45, 7) is 5.50. The van der Waals surface area contributed by atoms with Crippen LogP contribution >= 0.6 is 0 Å². The molecule has 0 unspecified atom stereocenters. The van der Waals surface area contributed by atoms with Gasteiger partial charge >= 0.3 is 6.18 Å². The average molecular weight is 408 g/mol. The summed E-state index contributed by atoms with van der Waals surface area (Å²) in [5.74, 6) is -0.464. The Labute approximate surface area is 167 Å². The Balaban J connectivity index is 2.16. The molecule has 0 radical (unpaired) electrons. The summed E-state index contributed by atoms with van der Waals surface area (Å²) in [4.78, 5) is 28.7. The van der Waals surface area contributed by atoms with Gasteiger partial charge in [0.05, 0.1) is 12.7 Å². The van der Waals surface area contributed by atoms with Crippen molar-refractivity contribution in [1.82, 2.24) is 10.3 Å². The third-order valence-corrected chi connectivity index (χ3v) is 3.94. The van der Waals surface area contributed by atoms with Crippen LogP contribution < -0.4 is 10.1 Å². The van der Waals surface area contributed by atoms with Crippen molar-refractivity contribution in [2.24, 2.45) is 0 Å². The lowest BCUT2D eigenvalue weighted by Crippen LogP contribution is -2.40. The lowest BCUT2D eigenvalue weighted by molar-refractivity contribution is -0.137. The van der Waals surface area contributed by atoms with Gasteiger partial charge in [-0.2, -0.15) is 13.2 Å². The van der Waals surface area contributed by atoms with Crippen LogP contribution in [0.25, 0.3) is 0 Å². The van der Waals surface area contributed by atoms with Gasteiger partial charge in [0.25, 0.3) is 5.91 Å². The first-order chi connectivity index (χ1) is 13.4. The summed E-state index contributed by atoms with van der Waals surface area (Å²) in [5, 5.41) is 2.78. The van der Waals surface area contributed by atoms with Crippen molar-refractivity contribution >= 4 is 11.7 Å². The van der Waals surface area contributed by atoms with Crippen LogP contribution in [0, 0.1) is 0 Å². The van der Waals surface area contributed by atoms with E-state index in [1.165, 1.54) is 25.4 Å². The van der Waals surface area contributed by atoms with Crippen LogP contribution in [0.5, 0.6) is 5.75 Å². The summed E-state index contributed by atoms with van der Waals surface area (Å²) < 4.78 is 43.9. The molecule has 1 N–H and O–H groups in total. The van der Waals surface area contributed by atoms with Crippen LogP contribution in [-0.2, 0) is 23.8 Å². The number of nitrogens with zero attached hydrogens (tertiary/aromatic N) is 1. The molecule has 0 saturated heterocycles. The molecule has 0 aliphatic rings. The quantitative estimate of drug-likeness (QED) is 0.785. The zero-order chi connectivity index (χ0) is 21.8. The zero-order valence-corrected chi connectivity index (χ0v) is 16.7. The van der Waals surface area contributed by atoms with Gasteiger partial charge in [-0.1, -0.05) is 0 Å². The molecule has 0 atom stereocenters. The highest BCUT2D eigenvalue weighted by Crippen LogP contribution is 2.32. The number of hydrogen-bond acceptors (Lipinski definition) is 4. The fraction of sp³-hybridized carbons (Fsp3) is 0.381. The standard InChI is InChI=1S/C21H23F3N2O3/c1-20(2,3)26-19(28)17-10-13(7-8-25-17)9-16(27)12-14-11-15(21(22,23)24)5-6-18(14)29-4/h5-8,10-11H,9,12H2,1-4H3,(H,26,28). The van der Waals surface area contributed by atoms with Crippen molar-refractivity contribution in [2.45, 2.75) is 45.3 Å². The van der Waals surface area contributed by atoms with Crippen molar-refractivity contribution in [2.75, 3.05) is 7.11 Å². The first kappa shape index (κ1) is 22.4. The molecule has 1 heterocycles. The molecule has 156 valence electrons. The van der Waals surface area contributed by atoms with Crippen molar-refractivity contribution in [3.8, 4) is 5.75 Å². The molecule has 2 aromatic rings. The number of Topliss-reactive ketones (excluding diaryl/α,β-unsaturated/α-hetero) is 1. The molecule has 1 aromatic heterocycles. The third kappa shape index (κ3) is 6.58. The number of benzene rings is 1. The van der Waals surface area contributed by atoms with Crippen LogP contribution in [0.2, 0.25) is 0 Å². The average Bonchev–Trinajstić information content (AvgIpc) is 2.59. The fourth-order valence-corrected chi connectivity index (χ4v) is 2.71.